The molecule has 0 aliphatic carbocycles. The molecule has 5 nitrogen and oxygen atoms in total. The number of carbonyl (C=O) groups is 1. The van der Waals surface area contributed by atoms with E-state index in [1.54, 1.807) is 12.2 Å². The number of hydrogen-bond acceptors (Lipinski definition) is 4. The molecule has 0 fully saturated rings. The second-order valence-electron chi connectivity index (χ2n) is 3.83. The monoisotopic (exact) mass is 254 g/mol. The van der Waals surface area contributed by atoms with Gasteiger partial charge in [-0.1, -0.05) is 0 Å². The van der Waals surface area contributed by atoms with Crippen LogP contribution < -0.4 is 5.32 Å². The molecule has 0 aromatic heterocycles. The van der Waals surface area contributed by atoms with Gasteiger partial charge >= 0.3 is 0 Å². The summed E-state index contributed by atoms with van der Waals surface area (Å²) in [4.78, 5) is 11.4. The lowest BCUT2D eigenvalue weighted by Crippen LogP contribution is -2.31. The van der Waals surface area contributed by atoms with Crippen LogP contribution in [0.3, 0.4) is 0 Å². The highest BCUT2D eigenvalue weighted by molar-refractivity contribution is 7.99. The van der Waals surface area contributed by atoms with Crippen molar-refractivity contribution in [2.45, 2.75) is 32.7 Å². The Hall–Kier alpha value is -1.61. The van der Waals surface area contributed by atoms with Gasteiger partial charge in [0.05, 0.1) is 6.07 Å². The lowest BCUT2D eigenvalue weighted by Gasteiger charge is -2.10. The van der Waals surface area contributed by atoms with Crippen molar-refractivity contribution in [1.29, 1.82) is 5.26 Å². The standard InChI is InChI=1S/C11H14N2O3S/c1-8-3-5-11(17(8,15)16)6-4-10(7-12)13-9(2)14/h3,5,10H,4,6H2,1-2H3,(H,13,14). The number of nitrogens with zero attached hydrogens (tertiary/aromatic N) is 1. The molecule has 0 saturated heterocycles. The van der Waals surface area contributed by atoms with Crippen molar-refractivity contribution in [3.05, 3.63) is 22.0 Å². The molecule has 1 N–H and O–H groups in total. The summed E-state index contributed by atoms with van der Waals surface area (Å²) in [7, 11) is -3.30. The molecule has 0 aromatic rings. The summed E-state index contributed by atoms with van der Waals surface area (Å²) in [6, 6.07) is 1.28. The van der Waals surface area contributed by atoms with E-state index in [0.717, 1.165) is 0 Å². The number of allylic oxidation sites excluding steroid dienone is 4. The van der Waals surface area contributed by atoms with Gasteiger partial charge in [0.25, 0.3) is 0 Å². The highest BCUT2D eigenvalue weighted by Crippen LogP contribution is 2.27. The van der Waals surface area contributed by atoms with Crippen LogP contribution in [0.4, 0.5) is 0 Å². The van der Waals surface area contributed by atoms with Crippen LogP contribution in [0.15, 0.2) is 22.0 Å². The Balaban J connectivity index is 2.60. The van der Waals surface area contributed by atoms with E-state index in [4.69, 9.17) is 5.26 Å². The first-order valence-corrected chi connectivity index (χ1v) is 6.65. The van der Waals surface area contributed by atoms with Crippen LogP contribution in [0.5, 0.6) is 0 Å². The van der Waals surface area contributed by atoms with E-state index in [2.05, 4.69) is 5.32 Å². The summed E-state index contributed by atoms with van der Waals surface area (Å²) in [5, 5.41) is 11.2. The zero-order valence-corrected chi connectivity index (χ0v) is 10.5. The van der Waals surface area contributed by atoms with Crippen molar-refractivity contribution in [2.75, 3.05) is 0 Å². The molecule has 0 bridgehead atoms. The number of nitrogens with one attached hydrogen (secondary N) is 1. The van der Waals surface area contributed by atoms with Gasteiger partial charge in [0.2, 0.25) is 5.91 Å². The van der Waals surface area contributed by atoms with Gasteiger partial charge in [-0.2, -0.15) is 5.26 Å². The van der Waals surface area contributed by atoms with E-state index in [9.17, 15) is 13.2 Å². The predicted molar refractivity (Wildman–Crippen MR) is 63.2 cm³/mol. The Morgan fingerprint density at radius 1 is 1.53 bits per heavy atom. The van der Waals surface area contributed by atoms with E-state index >= 15 is 0 Å². The number of carbonyl (C=O) groups excluding carboxylic acids is 1. The zero-order chi connectivity index (χ0) is 13.1. The molecular formula is C11H14N2O3S. The maximum Gasteiger partial charge on any atom is 0.217 e. The fourth-order valence-electron chi connectivity index (χ4n) is 1.51. The Morgan fingerprint density at radius 3 is 2.59 bits per heavy atom. The van der Waals surface area contributed by atoms with E-state index in [0.29, 0.717) is 16.2 Å². The molecule has 1 aliphatic rings. The minimum atomic E-state index is -3.30. The molecule has 6 heteroatoms. The van der Waals surface area contributed by atoms with Crippen molar-refractivity contribution >= 4 is 15.7 Å². The van der Waals surface area contributed by atoms with Crippen molar-refractivity contribution in [1.82, 2.24) is 5.32 Å². The topological polar surface area (TPSA) is 87.0 Å². The molecule has 1 amide bonds. The first-order chi connectivity index (χ1) is 7.87. The van der Waals surface area contributed by atoms with Gasteiger partial charge in [0, 0.05) is 16.7 Å². The predicted octanol–water partition coefficient (Wildman–Crippen LogP) is 1.01. The first-order valence-electron chi connectivity index (χ1n) is 5.17. The fraction of sp³-hybridized carbons (Fsp3) is 0.455. The lowest BCUT2D eigenvalue weighted by molar-refractivity contribution is -0.119. The van der Waals surface area contributed by atoms with Crippen molar-refractivity contribution in [3.63, 3.8) is 0 Å². The quantitative estimate of drug-likeness (QED) is 0.811. The number of hydrogen-bond donors (Lipinski definition) is 1. The Kier molecular flexibility index (Phi) is 4.07. The van der Waals surface area contributed by atoms with Gasteiger partial charge in [-0.15, -0.1) is 0 Å². The van der Waals surface area contributed by atoms with E-state index in [1.165, 1.54) is 13.8 Å². The minimum absolute atomic E-state index is 0.259. The maximum absolute atomic E-state index is 11.7. The molecule has 0 aromatic carbocycles. The Morgan fingerprint density at radius 2 is 2.18 bits per heavy atom. The second kappa shape index (κ2) is 5.15. The van der Waals surface area contributed by atoms with Crippen molar-refractivity contribution in [2.24, 2.45) is 0 Å². The fourth-order valence-corrected chi connectivity index (χ4v) is 2.81. The maximum atomic E-state index is 11.7. The average molecular weight is 254 g/mol. The van der Waals surface area contributed by atoms with Gasteiger partial charge in [-0.3, -0.25) is 4.79 Å². The van der Waals surface area contributed by atoms with Crippen molar-refractivity contribution < 1.29 is 13.2 Å². The second-order valence-corrected chi connectivity index (χ2v) is 6.01. The molecule has 0 saturated carbocycles. The molecule has 1 rings (SSSR count). The summed E-state index contributed by atoms with van der Waals surface area (Å²) < 4.78 is 23.4. The Bertz CT molecular complexity index is 523. The lowest BCUT2D eigenvalue weighted by atomic mass is 10.1. The van der Waals surface area contributed by atoms with Gasteiger partial charge in [-0.25, -0.2) is 8.42 Å². The van der Waals surface area contributed by atoms with Gasteiger partial charge in [-0.05, 0) is 31.9 Å². The van der Waals surface area contributed by atoms with Gasteiger partial charge in [0.15, 0.2) is 9.84 Å². The highest BCUT2D eigenvalue weighted by atomic mass is 32.2. The molecule has 17 heavy (non-hydrogen) atoms. The number of nitriles is 1. The molecule has 92 valence electrons. The van der Waals surface area contributed by atoms with Gasteiger partial charge in [0.1, 0.15) is 6.04 Å². The third-order valence-corrected chi connectivity index (χ3v) is 4.50. The van der Waals surface area contributed by atoms with Crippen LogP contribution in [-0.2, 0) is 14.6 Å². The number of amides is 1. The van der Waals surface area contributed by atoms with Crippen molar-refractivity contribution in [3.8, 4) is 6.07 Å². The van der Waals surface area contributed by atoms with Crippen LogP contribution in [0.2, 0.25) is 0 Å². The summed E-state index contributed by atoms with van der Waals surface area (Å²) in [5.74, 6) is -0.297. The number of rotatable bonds is 4. The third kappa shape index (κ3) is 3.17. The van der Waals surface area contributed by atoms with E-state index in [-0.39, 0.29) is 12.3 Å². The van der Waals surface area contributed by atoms with E-state index in [1.807, 2.05) is 6.07 Å². The highest BCUT2D eigenvalue weighted by Gasteiger charge is 2.24. The summed E-state index contributed by atoms with van der Waals surface area (Å²) >= 11 is 0. The average Bonchev–Trinajstić information content (AvgIpc) is 2.49. The van der Waals surface area contributed by atoms with Crippen LogP contribution in [0, 0.1) is 11.3 Å². The van der Waals surface area contributed by atoms with Crippen LogP contribution >= 0.6 is 0 Å². The van der Waals surface area contributed by atoms with Crippen LogP contribution in [0.25, 0.3) is 0 Å². The smallest absolute Gasteiger partial charge is 0.217 e. The summed E-state index contributed by atoms with van der Waals surface area (Å²) in [6.45, 7) is 2.86. The van der Waals surface area contributed by atoms with Crippen LogP contribution in [0.1, 0.15) is 26.7 Å². The largest absolute Gasteiger partial charge is 0.341 e. The summed E-state index contributed by atoms with van der Waals surface area (Å²) in [6.07, 6.45) is 3.65. The molecule has 0 radical (unpaired) electrons. The molecule has 0 spiro atoms. The van der Waals surface area contributed by atoms with E-state index < -0.39 is 15.9 Å². The molecule has 1 heterocycles. The molecule has 1 aliphatic heterocycles. The first kappa shape index (κ1) is 13.5. The normalized spacial score (nSPS) is 18.9. The van der Waals surface area contributed by atoms with Crippen LogP contribution in [-0.4, -0.2) is 20.4 Å². The molecule has 1 atom stereocenters. The minimum Gasteiger partial charge on any atom is -0.341 e. The Labute approximate surface area is 101 Å². The number of sulfone groups is 1. The zero-order valence-electron chi connectivity index (χ0n) is 9.73. The third-order valence-electron chi connectivity index (χ3n) is 2.49. The van der Waals surface area contributed by atoms with Gasteiger partial charge < -0.3 is 5.32 Å². The molecule has 1 unspecified atom stereocenters. The SMILES string of the molecule is CC(=O)NC(C#N)CCC1=CC=C(C)S1(=O)=O. The summed E-state index contributed by atoms with van der Waals surface area (Å²) in [5.41, 5.74) is 0. The molecular weight excluding hydrogens is 240 g/mol.